The van der Waals surface area contributed by atoms with Crippen molar-refractivity contribution in [1.29, 1.82) is 0 Å². The van der Waals surface area contributed by atoms with Crippen LogP contribution in [-0.2, 0) is 4.79 Å². The van der Waals surface area contributed by atoms with E-state index in [9.17, 15) is 4.79 Å². The number of rotatable bonds is 11. The zero-order valence-corrected chi connectivity index (χ0v) is 23.2. The number of carbonyl (C=O) groups is 1. The van der Waals surface area contributed by atoms with E-state index in [1.54, 1.807) is 32.6 Å². The second-order valence-corrected chi connectivity index (χ2v) is 9.31. The van der Waals surface area contributed by atoms with Crippen LogP contribution in [0.4, 0.5) is 15.9 Å². The number of ether oxygens (including phenoxy) is 2. The summed E-state index contributed by atoms with van der Waals surface area (Å²) in [6, 6.07) is 5.19. The molecule has 1 amide bonds. The number of amides is 1. The number of unbranched alkanes of at least 4 members (excludes halogenated alkanes) is 1. The predicted octanol–water partition coefficient (Wildman–Crippen LogP) is 5.13. The van der Waals surface area contributed by atoms with Crippen LogP contribution < -0.4 is 14.4 Å². The Morgan fingerprint density at radius 2 is 2.00 bits per heavy atom. The number of benzene rings is 1. The Bertz CT molecular complexity index is 1380. The van der Waals surface area contributed by atoms with Crippen LogP contribution in [0.5, 0.6) is 11.5 Å². The maximum absolute atomic E-state index is 15.9. The molecular weight excluding hydrogens is 499 g/mol. The van der Waals surface area contributed by atoms with Gasteiger partial charge in [0.1, 0.15) is 17.1 Å². The Labute approximate surface area is 228 Å². The van der Waals surface area contributed by atoms with Gasteiger partial charge in [0.15, 0.2) is 17.2 Å². The monoisotopic (exact) mass is 534 g/mol. The molecule has 206 valence electrons. The molecule has 0 aliphatic carbocycles. The van der Waals surface area contributed by atoms with E-state index < -0.39 is 5.82 Å². The number of aliphatic imine (C=N–C) groups is 1. The van der Waals surface area contributed by atoms with Gasteiger partial charge >= 0.3 is 0 Å². The summed E-state index contributed by atoms with van der Waals surface area (Å²) in [5.74, 6) is 0.817. The summed E-state index contributed by atoms with van der Waals surface area (Å²) in [5, 5.41) is 0. The van der Waals surface area contributed by atoms with Gasteiger partial charge in [-0.3, -0.25) is 14.8 Å². The molecule has 1 fully saturated rings. The number of hydrogen-bond donors (Lipinski definition) is 0. The molecule has 0 radical (unpaired) electrons. The first-order valence-electron chi connectivity index (χ1n) is 13.1. The van der Waals surface area contributed by atoms with Crippen LogP contribution in [0.25, 0.3) is 16.7 Å². The molecule has 10 heteroatoms. The summed E-state index contributed by atoms with van der Waals surface area (Å²) in [6.45, 7) is 5.67. The van der Waals surface area contributed by atoms with Gasteiger partial charge in [-0.2, -0.15) is 0 Å². The largest absolute Gasteiger partial charge is 0.496 e. The molecule has 0 N–H and O–H groups in total. The zero-order chi connectivity index (χ0) is 27.9. The van der Waals surface area contributed by atoms with Gasteiger partial charge in [0.25, 0.3) is 0 Å². The third-order valence-electron chi connectivity index (χ3n) is 6.90. The highest BCUT2D eigenvalue weighted by Gasteiger charge is 2.25. The van der Waals surface area contributed by atoms with Crippen LogP contribution in [0.2, 0.25) is 0 Å². The van der Waals surface area contributed by atoms with Crippen molar-refractivity contribution >= 4 is 40.4 Å². The average Bonchev–Trinajstić information content (AvgIpc) is 3.36. The molecule has 3 aromatic rings. The maximum atomic E-state index is 15.9. The van der Waals surface area contributed by atoms with Crippen molar-refractivity contribution in [2.75, 3.05) is 45.8 Å². The quantitative estimate of drug-likeness (QED) is 0.249. The van der Waals surface area contributed by atoms with E-state index >= 15 is 4.39 Å². The third-order valence-corrected chi connectivity index (χ3v) is 6.90. The van der Waals surface area contributed by atoms with Gasteiger partial charge in [-0.15, -0.1) is 0 Å². The molecule has 39 heavy (non-hydrogen) atoms. The van der Waals surface area contributed by atoms with E-state index in [4.69, 9.17) is 19.4 Å². The Kier molecular flexibility index (Phi) is 9.06. The van der Waals surface area contributed by atoms with E-state index in [0.717, 1.165) is 25.0 Å². The molecule has 0 atom stereocenters. The Morgan fingerprint density at radius 3 is 2.67 bits per heavy atom. The second kappa shape index (κ2) is 12.6. The summed E-state index contributed by atoms with van der Waals surface area (Å²) in [7, 11) is 4.67. The molecule has 1 saturated heterocycles. The minimum Gasteiger partial charge on any atom is -0.496 e. The van der Waals surface area contributed by atoms with Crippen LogP contribution in [0.3, 0.4) is 0 Å². The van der Waals surface area contributed by atoms with E-state index in [2.05, 4.69) is 9.98 Å². The molecule has 1 aliphatic rings. The number of methoxy groups -OCH3 is 2. The van der Waals surface area contributed by atoms with Gasteiger partial charge in [-0.1, -0.05) is 6.08 Å². The van der Waals surface area contributed by atoms with Gasteiger partial charge in [0.2, 0.25) is 5.91 Å². The number of fused-ring (bicyclic) bond motifs is 1. The number of anilines is 2. The van der Waals surface area contributed by atoms with E-state index in [-0.39, 0.29) is 11.7 Å². The number of allylic oxidation sites excluding steroid dienone is 2. The van der Waals surface area contributed by atoms with Crippen LogP contribution in [0.1, 0.15) is 43.9 Å². The SMILES string of the molecule is C/C=C(\C=NC)c1cnc2ccc(N(CCCCN3CCCC3=O)c3c(C)c(OC)cc(OC)c3F)nc2n1. The van der Waals surface area contributed by atoms with Crippen molar-refractivity contribution < 1.29 is 18.7 Å². The zero-order valence-electron chi connectivity index (χ0n) is 23.2. The predicted molar refractivity (Wildman–Crippen MR) is 152 cm³/mol. The lowest BCUT2D eigenvalue weighted by molar-refractivity contribution is -0.127. The van der Waals surface area contributed by atoms with Gasteiger partial charge in [0, 0.05) is 56.5 Å². The molecular formula is C29H35FN6O3. The van der Waals surface area contributed by atoms with Crippen molar-refractivity contribution in [3.05, 3.63) is 47.5 Å². The van der Waals surface area contributed by atoms with Crippen LogP contribution in [-0.4, -0.2) is 72.9 Å². The summed E-state index contributed by atoms with van der Waals surface area (Å²) in [4.78, 5) is 33.9. The smallest absolute Gasteiger partial charge is 0.222 e. The summed E-state index contributed by atoms with van der Waals surface area (Å²) >= 11 is 0. The fraction of sp³-hybridized carbons (Fsp3) is 0.414. The minimum atomic E-state index is -0.498. The third kappa shape index (κ3) is 6.00. The number of carbonyl (C=O) groups excluding carboxylic acids is 1. The molecule has 0 unspecified atom stereocenters. The molecule has 2 aromatic heterocycles. The number of hydrogen-bond acceptors (Lipinski definition) is 8. The lowest BCUT2D eigenvalue weighted by atomic mass is 10.1. The van der Waals surface area contributed by atoms with Crippen molar-refractivity contribution in [1.82, 2.24) is 19.9 Å². The number of likely N-dealkylation sites (tertiary alicyclic amines) is 1. The van der Waals surface area contributed by atoms with Gasteiger partial charge in [-0.05, 0) is 45.2 Å². The highest BCUT2D eigenvalue weighted by molar-refractivity contribution is 6.09. The van der Waals surface area contributed by atoms with E-state index in [1.807, 2.05) is 41.9 Å². The number of halogens is 1. The summed E-state index contributed by atoms with van der Waals surface area (Å²) < 4.78 is 26.7. The van der Waals surface area contributed by atoms with E-state index in [0.29, 0.717) is 65.6 Å². The summed E-state index contributed by atoms with van der Waals surface area (Å²) in [6.07, 6.45) is 8.33. The molecule has 0 spiro atoms. The van der Waals surface area contributed by atoms with E-state index in [1.165, 1.54) is 7.11 Å². The number of aromatic nitrogens is 3. The summed E-state index contributed by atoms with van der Waals surface area (Å²) in [5.41, 5.74) is 3.49. The normalized spacial score (nSPS) is 14.1. The van der Waals surface area contributed by atoms with Crippen molar-refractivity contribution in [2.45, 2.75) is 39.5 Å². The molecule has 4 rings (SSSR count). The molecule has 3 heterocycles. The lowest BCUT2D eigenvalue weighted by Crippen LogP contribution is -2.27. The van der Waals surface area contributed by atoms with Crippen molar-refractivity contribution in [3.8, 4) is 11.5 Å². The Morgan fingerprint density at radius 1 is 1.21 bits per heavy atom. The molecule has 9 nitrogen and oxygen atoms in total. The van der Waals surface area contributed by atoms with Gasteiger partial charge in [0.05, 0.1) is 31.8 Å². The Hall–Kier alpha value is -4.08. The lowest BCUT2D eigenvalue weighted by Gasteiger charge is -2.28. The standard InChI is InChI=1S/C29H35FN6O3/c1-6-20(17-31-3)22-18-32-21-11-12-25(34-29(21)33-22)36(15-8-7-13-35-14-9-10-26(35)37)28-19(2)23(38-4)16-24(39-5)27(28)30/h6,11-12,16-18H,7-10,13-15H2,1-5H3/b20-6+,31-17?. The molecule has 0 bridgehead atoms. The number of pyridine rings is 1. The first kappa shape index (κ1) is 27.9. The Balaban J connectivity index is 1.75. The fourth-order valence-electron chi connectivity index (χ4n) is 4.83. The van der Waals surface area contributed by atoms with Crippen LogP contribution in [0.15, 0.2) is 35.5 Å². The van der Waals surface area contributed by atoms with Crippen LogP contribution in [0, 0.1) is 12.7 Å². The molecule has 1 aliphatic heterocycles. The van der Waals surface area contributed by atoms with Crippen molar-refractivity contribution in [2.24, 2.45) is 4.99 Å². The van der Waals surface area contributed by atoms with Crippen molar-refractivity contribution in [3.63, 3.8) is 0 Å². The first-order chi connectivity index (χ1) is 18.9. The average molecular weight is 535 g/mol. The minimum absolute atomic E-state index is 0.0829. The highest BCUT2D eigenvalue weighted by atomic mass is 19.1. The first-order valence-corrected chi connectivity index (χ1v) is 13.1. The van der Waals surface area contributed by atoms with Gasteiger partial charge < -0.3 is 19.3 Å². The van der Waals surface area contributed by atoms with Crippen LogP contribution >= 0.6 is 0 Å². The fourth-order valence-corrected chi connectivity index (χ4v) is 4.83. The number of nitrogens with zero attached hydrogens (tertiary/aromatic N) is 6. The molecule has 0 saturated carbocycles. The topological polar surface area (TPSA) is 93.0 Å². The maximum Gasteiger partial charge on any atom is 0.222 e. The molecule has 1 aromatic carbocycles. The highest BCUT2D eigenvalue weighted by Crippen LogP contribution is 2.40. The van der Waals surface area contributed by atoms with Gasteiger partial charge in [-0.25, -0.2) is 14.4 Å². The second-order valence-electron chi connectivity index (χ2n) is 9.31.